The van der Waals surface area contributed by atoms with Gasteiger partial charge in [0.05, 0.1) is 11.8 Å². The Morgan fingerprint density at radius 2 is 2.00 bits per heavy atom. The van der Waals surface area contributed by atoms with Crippen LogP contribution in [0, 0.1) is 5.82 Å². The lowest BCUT2D eigenvalue weighted by atomic mass is 9.93. The summed E-state index contributed by atoms with van der Waals surface area (Å²) in [6.45, 7) is 1.24. The van der Waals surface area contributed by atoms with Gasteiger partial charge in [-0.05, 0) is 25.0 Å². The quantitative estimate of drug-likeness (QED) is 0.694. The van der Waals surface area contributed by atoms with Gasteiger partial charge in [0.25, 0.3) is 5.91 Å². The highest BCUT2D eigenvalue weighted by Gasteiger charge is 2.28. The van der Waals surface area contributed by atoms with E-state index < -0.39 is 0 Å². The maximum Gasteiger partial charge on any atom is 0.257 e. The van der Waals surface area contributed by atoms with Crippen molar-refractivity contribution in [3.63, 3.8) is 0 Å². The normalized spacial score (nSPS) is 14.9. The van der Waals surface area contributed by atoms with E-state index in [0.717, 1.165) is 18.5 Å². The van der Waals surface area contributed by atoms with Crippen molar-refractivity contribution in [1.29, 1.82) is 0 Å². The highest BCUT2D eigenvalue weighted by molar-refractivity contribution is 5.93. The smallest absolute Gasteiger partial charge is 0.257 e. The van der Waals surface area contributed by atoms with Crippen LogP contribution < -0.4 is 4.74 Å². The number of hydrogen-bond acceptors (Lipinski definition) is 5. The molecule has 1 aliphatic heterocycles. The van der Waals surface area contributed by atoms with Gasteiger partial charge >= 0.3 is 0 Å². The predicted molar refractivity (Wildman–Crippen MR) is 99.6 cm³/mol. The van der Waals surface area contributed by atoms with Gasteiger partial charge in [-0.15, -0.1) is 0 Å². The third kappa shape index (κ3) is 3.85. The van der Waals surface area contributed by atoms with Gasteiger partial charge in [-0.25, -0.2) is 9.37 Å². The number of halogens is 1. The Morgan fingerprint density at radius 3 is 2.71 bits per heavy atom. The van der Waals surface area contributed by atoms with E-state index in [9.17, 15) is 9.18 Å². The van der Waals surface area contributed by atoms with Gasteiger partial charge in [-0.1, -0.05) is 6.07 Å². The fourth-order valence-electron chi connectivity index (χ4n) is 3.41. The molecule has 1 aromatic carbocycles. The molecule has 4 rings (SSSR count). The summed E-state index contributed by atoms with van der Waals surface area (Å²) in [5.74, 6) is 0.498. The third-order valence-electron chi connectivity index (χ3n) is 4.82. The van der Waals surface area contributed by atoms with E-state index in [-0.39, 0.29) is 17.6 Å². The van der Waals surface area contributed by atoms with Crippen LogP contribution in [0.1, 0.15) is 34.8 Å². The molecule has 8 heteroatoms. The van der Waals surface area contributed by atoms with Gasteiger partial charge in [-0.2, -0.15) is 5.10 Å². The third-order valence-corrected chi connectivity index (χ3v) is 4.82. The van der Waals surface area contributed by atoms with Crippen molar-refractivity contribution in [3.05, 3.63) is 66.1 Å². The molecule has 0 unspecified atom stereocenters. The number of carbonyl (C=O) groups excluding carboxylic acids is 1. The molecule has 1 amide bonds. The van der Waals surface area contributed by atoms with Crippen LogP contribution in [0.5, 0.6) is 11.6 Å². The maximum atomic E-state index is 13.4. The number of ether oxygens (including phenoxy) is 1. The Morgan fingerprint density at radius 1 is 1.21 bits per heavy atom. The summed E-state index contributed by atoms with van der Waals surface area (Å²) in [4.78, 5) is 23.1. The van der Waals surface area contributed by atoms with Crippen LogP contribution in [0.15, 0.2) is 49.1 Å². The topological polar surface area (TPSA) is 73.1 Å². The van der Waals surface area contributed by atoms with Crippen molar-refractivity contribution in [2.75, 3.05) is 13.1 Å². The van der Waals surface area contributed by atoms with Crippen LogP contribution in [-0.2, 0) is 7.05 Å². The molecule has 144 valence electrons. The minimum Gasteiger partial charge on any atom is -0.437 e. The second-order valence-electron chi connectivity index (χ2n) is 6.78. The molecule has 1 saturated heterocycles. The first-order valence-electron chi connectivity index (χ1n) is 9.12. The van der Waals surface area contributed by atoms with E-state index in [1.54, 1.807) is 48.6 Å². The van der Waals surface area contributed by atoms with Crippen molar-refractivity contribution in [3.8, 4) is 11.6 Å². The standard InChI is InChI=1S/C20H20FN5O2/c1-25-13-15(12-24-25)20(27)26-9-5-14(6-10-26)18-19(23-8-7-22-18)28-17-4-2-3-16(21)11-17/h2-4,7-8,11-14H,5-6,9-10H2,1H3. The van der Waals surface area contributed by atoms with Crippen LogP contribution in [0.4, 0.5) is 4.39 Å². The minimum atomic E-state index is -0.370. The van der Waals surface area contributed by atoms with Gasteiger partial charge in [0.1, 0.15) is 17.3 Å². The Balaban J connectivity index is 1.45. The number of carbonyl (C=O) groups is 1. The predicted octanol–water partition coefficient (Wildman–Crippen LogP) is 3.16. The van der Waals surface area contributed by atoms with Crippen LogP contribution in [0.3, 0.4) is 0 Å². The van der Waals surface area contributed by atoms with Crippen molar-refractivity contribution >= 4 is 5.91 Å². The molecule has 0 saturated carbocycles. The lowest BCUT2D eigenvalue weighted by Gasteiger charge is -2.31. The SMILES string of the molecule is Cn1cc(C(=O)N2CCC(c3nccnc3Oc3cccc(F)c3)CC2)cn1. The van der Waals surface area contributed by atoms with Gasteiger partial charge in [0.15, 0.2) is 0 Å². The summed E-state index contributed by atoms with van der Waals surface area (Å²) in [7, 11) is 1.79. The largest absolute Gasteiger partial charge is 0.437 e. The highest BCUT2D eigenvalue weighted by Crippen LogP contribution is 2.33. The molecule has 0 N–H and O–H groups in total. The Kier molecular flexibility index (Phi) is 5.01. The molecule has 0 atom stereocenters. The number of likely N-dealkylation sites (tertiary alicyclic amines) is 1. The zero-order valence-electron chi connectivity index (χ0n) is 15.5. The lowest BCUT2D eigenvalue weighted by molar-refractivity contribution is 0.0711. The first-order valence-corrected chi connectivity index (χ1v) is 9.12. The number of aryl methyl sites for hydroxylation is 1. The van der Waals surface area contributed by atoms with Crippen molar-refractivity contribution < 1.29 is 13.9 Å². The average molecular weight is 381 g/mol. The second-order valence-corrected chi connectivity index (χ2v) is 6.78. The van der Waals surface area contributed by atoms with Crippen molar-refractivity contribution in [2.24, 2.45) is 7.05 Å². The number of aromatic nitrogens is 4. The van der Waals surface area contributed by atoms with Crippen LogP contribution in [0.2, 0.25) is 0 Å². The molecule has 1 aliphatic rings. The first-order chi connectivity index (χ1) is 13.6. The number of amides is 1. The summed E-state index contributed by atoms with van der Waals surface area (Å²) < 4.78 is 20.8. The number of hydrogen-bond donors (Lipinski definition) is 0. The maximum absolute atomic E-state index is 13.4. The Hall–Kier alpha value is -3.29. The van der Waals surface area contributed by atoms with Crippen LogP contribution in [-0.4, -0.2) is 43.6 Å². The van der Waals surface area contributed by atoms with Gasteiger partial charge in [0.2, 0.25) is 5.88 Å². The monoisotopic (exact) mass is 381 g/mol. The van der Waals surface area contributed by atoms with Gasteiger partial charge < -0.3 is 9.64 Å². The molecule has 3 heterocycles. The molecule has 2 aromatic heterocycles. The highest BCUT2D eigenvalue weighted by atomic mass is 19.1. The molecular weight excluding hydrogens is 361 g/mol. The van der Waals surface area contributed by atoms with Crippen molar-refractivity contribution in [2.45, 2.75) is 18.8 Å². The second kappa shape index (κ2) is 7.75. The van der Waals surface area contributed by atoms with E-state index in [2.05, 4.69) is 15.1 Å². The van der Waals surface area contributed by atoms with E-state index in [1.165, 1.54) is 12.1 Å². The number of nitrogens with zero attached hydrogens (tertiary/aromatic N) is 5. The first kappa shape index (κ1) is 18.1. The van der Waals surface area contributed by atoms with Gasteiger partial charge in [0, 0.05) is 50.7 Å². The average Bonchev–Trinajstić information content (AvgIpc) is 3.14. The lowest BCUT2D eigenvalue weighted by Crippen LogP contribution is -2.38. The molecule has 0 radical (unpaired) electrons. The molecule has 0 bridgehead atoms. The van der Waals surface area contributed by atoms with E-state index in [0.29, 0.717) is 30.3 Å². The Labute approximate surface area is 161 Å². The summed E-state index contributed by atoms with van der Waals surface area (Å²) in [6, 6.07) is 5.94. The summed E-state index contributed by atoms with van der Waals surface area (Å²) in [5.41, 5.74) is 1.33. The fourth-order valence-corrected chi connectivity index (χ4v) is 3.41. The fraction of sp³-hybridized carbons (Fsp3) is 0.300. The van der Waals surface area contributed by atoms with E-state index >= 15 is 0 Å². The van der Waals surface area contributed by atoms with Crippen LogP contribution in [0.25, 0.3) is 0 Å². The van der Waals surface area contributed by atoms with Crippen molar-refractivity contribution in [1.82, 2.24) is 24.6 Å². The molecule has 3 aromatic rings. The van der Waals surface area contributed by atoms with E-state index in [1.807, 2.05) is 4.90 Å². The molecule has 0 aliphatic carbocycles. The molecule has 7 nitrogen and oxygen atoms in total. The zero-order valence-corrected chi connectivity index (χ0v) is 15.5. The minimum absolute atomic E-state index is 0.0121. The number of rotatable bonds is 4. The summed E-state index contributed by atoms with van der Waals surface area (Å²) in [5, 5.41) is 4.06. The van der Waals surface area contributed by atoms with Gasteiger partial charge in [-0.3, -0.25) is 14.5 Å². The number of piperidine rings is 1. The number of benzene rings is 1. The molecular formula is C20H20FN5O2. The van der Waals surface area contributed by atoms with E-state index in [4.69, 9.17) is 4.74 Å². The zero-order chi connectivity index (χ0) is 19.5. The van der Waals surface area contributed by atoms with Crippen LogP contribution >= 0.6 is 0 Å². The summed E-state index contributed by atoms with van der Waals surface area (Å²) >= 11 is 0. The molecule has 1 fully saturated rings. The molecule has 0 spiro atoms. The molecule has 28 heavy (non-hydrogen) atoms. The summed E-state index contributed by atoms with van der Waals surface area (Å²) in [6.07, 6.45) is 8.00. The Bertz CT molecular complexity index is 982.